The maximum Gasteiger partial charge on any atom is 0.234 e. The molecule has 1 aliphatic heterocycles. The van der Waals surface area contributed by atoms with Gasteiger partial charge in [-0.25, -0.2) is 0 Å². The topological polar surface area (TPSA) is 41.6 Å². The van der Waals surface area contributed by atoms with Gasteiger partial charge in [-0.1, -0.05) is 42.5 Å². The third-order valence-electron chi connectivity index (χ3n) is 4.53. The number of hydrogen-bond donors (Lipinski definition) is 1. The normalized spacial score (nSPS) is 23.1. The van der Waals surface area contributed by atoms with Crippen LogP contribution in [0.3, 0.4) is 0 Å². The minimum atomic E-state index is -0.0144. The highest BCUT2D eigenvalue weighted by molar-refractivity contribution is 5.87. The smallest absolute Gasteiger partial charge is 0.234 e. The molecule has 0 spiro atoms. The van der Waals surface area contributed by atoms with Gasteiger partial charge in [-0.05, 0) is 37.1 Å². The number of ether oxygens (including phenoxy) is 1. The van der Waals surface area contributed by atoms with Gasteiger partial charge >= 0.3 is 0 Å². The zero-order valence-corrected chi connectivity index (χ0v) is 14.7. The first-order chi connectivity index (χ1) is 11.5. The van der Waals surface area contributed by atoms with Crippen LogP contribution in [0.1, 0.15) is 32.4 Å². The van der Waals surface area contributed by atoms with Crippen LogP contribution in [-0.2, 0) is 9.53 Å². The van der Waals surface area contributed by atoms with E-state index in [4.69, 9.17) is 4.74 Å². The van der Waals surface area contributed by atoms with E-state index < -0.39 is 0 Å². The van der Waals surface area contributed by atoms with E-state index >= 15 is 0 Å². The second-order valence-corrected chi connectivity index (χ2v) is 6.81. The molecule has 1 fully saturated rings. The molecule has 1 amide bonds. The second kappa shape index (κ2) is 7.32. The molecule has 24 heavy (non-hydrogen) atoms. The summed E-state index contributed by atoms with van der Waals surface area (Å²) in [5.74, 6) is 0.0664. The number of hydrogen-bond acceptors (Lipinski definition) is 3. The molecule has 0 aliphatic carbocycles. The quantitative estimate of drug-likeness (QED) is 0.938. The summed E-state index contributed by atoms with van der Waals surface area (Å²) in [5, 5.41) is 5.54. The molecule has 2 aromatic rings. The van der Waals surface area contributed by atoms with Crippen molar-refractivity contribution in [2.45, 2.75) is 39.0 Å². The monoisotopic (exact) mass is 326 g/mol. The Morgan fingerprint density at radius 1 is 1.17 bits per heavy atom. The number of benzene rings is 2. The lowest BCUT2D eigenvalue weighted by atomic mass is 10.00. The molecule has 1 aliphatic rings. The van der Waals surface area contributed by atoms with Crippen molar-refractivity contribution in [1.82, 2.24) is 10.2 Å². The van der Waals surface area contributed by atoms with Gasteiger partial charge in [0.2, 0.25) is 5.91 Å². The van der Waals surface area contributed by atoms with Crippen LogP contribution < -0.4 is 5.32 Å². The van der Waals surface area contributed by atoms with E-state index in [0.717, 1.165) is 18.7 Å². The van der Waals surface area contributed by atoms with Crippen molar-refractivity contribution in [2.75, 3.05) is 19.6 Å². The molecule has 3 rings (SSSR count). The van der Waals surface area contributed by atoms with Gasteiger partial charge in [0, 0.05) is 13.1 Å². The Morgan fingerprint density at radius 2 is 1.83 bits per heavy atom. The summed E-state index contributed by atoms with van der Waals surface area (Å²) < 4.78 is 5.72. The molecule has 1 N–H and O–H groups in total. The van der Waals surface area contributed by atoms with Crippen LogP contribution in [0.2, 0.25) is 0 Å². The van der Waals surface area contributed by atoms with E-state index in [2.05, 4.69) is 48.3 Å². The average Bonchev–Trinajstić information content (AvgIpc) is 2.53. The lowest BCUT2D eigenvalue weighted by Crippen LogP contribution is -2.49. The Balaban J connectivity index is 1.65. The van der Waals surface area contributed by atoms with E-state index in [-0.39, 0.29) is 24.2 Å². The Bertz CT molecular complexity index is 700. The Hall–Kier alpha value is -1.91. The standard InChI is InChI=1S/C20H26N2O2/c1-14-11-22(12-15(2)24-14)13-20(23)21-16(3)18-10-6-8-17-7-4-5-9-19(17)18/h4-10,14-16H,11-13H2,1-3H3,(H,21,23)/t14-,15+,16-/m1/s1. The van der Waals surface area contributed by atoms with Crippen LogP contribution in [0, 0.1) is 0 Å². The zero-order chi connectivity index (χ0) is 17.1. The molecule has 0 unspecified atom stereocenters. The molecule has 1 saturated heterocycles. The van der Waals surface area contributed by atoms with Crippen LogP contribution in [0.5, 0.6) is 0 Å². The highest BCUT2D eigenvalue weighted by Crippen LogP contribution is 2.24. The number of rotatable bonds is 4. The molecule has 3 atom stereocenters. The molecule has 4 nitrogen and oxygen atoms in total. The summed E-state index contributed by atoms with van der Waals surface area (Å²) in [7, 11) is 0. The minimum absolute atomic E-state index is 0.0144. The van der Waals surface area contributed by atoms with E-state index in [1.165, 1.54) is 10.8 Å². The molecule has 2 aromatic carbocycles. The van der Waals surface area contributed by atoms with Crippen LogP contribution in [0.4, 0.5) is 0 Å². The van der Waals surface area contributed by atoms with Crippen LogP contribution in [0.25, 0.3) is 10.8 Å². The fraction of sp³-hybridized carbons (Fsp3) is 0.450. The number of morpholine rings is 1. The summed E-state index contributed by atoms with van der Waals surface area (Å²) in [5.41, 5.74) is 1.16. The highest BCUT2D eigenvalue weighted by atomic mass is 16.5. The van der Waals surface area contributed by atoms with Crippen LogP contribution in [0.15, 0.2) is 42.5 Å². The van der Waals surface area contributed by atoms with E-state index in [0.29, 0.717) is 6.54 Å². The van der Waals surface area contributed by atoms with Crippen molar-refractivity contribution in [2.24, 2.45) is 0 Å². The zero-order valence-electron chi connectivity index (χ0n) is 14.7. The van der Waals surface area contributed by atoms with Gasteiger partial charge in [-0.3, -0.25) is 9.69 Å². The molecule has 0 saturated carbocycles. The second-order valence-electron chi connectivity index (χ2n) is 6.81. The fourth-order valence-electron chi connectivity index (χ4n) is 3.61. The predicted octanol–water partition coefficient (Wildman–Crippen LogP) is 3.13. The number of nitrogens with zero attached hydrogens (tertiary/aromatic N) is 1. The number of fused-ring (bicyclic) bond motifs is 1. The maximum atomic E-state index is 12.5. The fourth-order valence-corrected chi connectivity index (χ4v) is 3.61. The molecule has 0 radical (unpaired) electrons. The Labute approximate surface area is 143 Å². The van der Waals surface area contributed by atoms with Gasteiger partial charge in [-0.2, -0.15) is 0 Å². The van der Waals surface area contributed by atoms with Crippen molar-refractivity contribution in [1.29, 1.82) is 0 Å². The van der Waals surface area contributed by atoms with Crippen molar-refractivity contribution in [3.8, 4) is 0 Å². The molecule has 128 valence electrons. The predicted molar refractivity (Wildman–Crippen MR) is 97.0 cm³/mol. The highest BCUT2D eigenvalue weighted by Gasteiger charge is 2.24. The number of amides is 1. The Kier molecular flexibility index (Phi) is 5.17. The van der Waals surface area contributed by atoms with Crippen molar-refractivity contribution in [3.05, 3.63) is 48.0 Å². The first-order valence-corrected chi connectivity index (χ1v) is 8.68. The van der Waals surface area contributed by atoms with Gasteiger partial charge in [0.25, 0.3) is 0 Å². The van der Waals surface area contributed by atoms with Crippen molar-refractivity contribution in [3.63, 3.8) is 0 Å². The van der Waals surface area contributed by atoms with Gasteiger partial charge in [-0.15, -0.1) is 0 Å². The maximum absolute atomic E-state index is 12.5. The molecule has 0 aromatic heterocycles. The summed E-state index contributed by atoms with van der Waals surface area (Å²) in [6.45, 7) is 8.19. The van der Waals surface area contributed by atoms with Gasteiger partial charge < -0.3 is 10.1 Å². The van der Waals surface area contributed by atoms with Gasteiger partial charge in [0.15, 0.2) is 0 Å². The van der Waals surface area contributed by atoms with E-state index in [1.807, 2.05) is 25.1 Å². The molecule has 1 heterocycles. The van der Waals surface area contributed by atoms with E-state index in [1.54, 1.807) is 0 Å². The first-order valence-electron chi connectivity index (χ1n) is 8.68. The van der Waals surface area contributed by atoms with Crippen molar-refractivity contribution < 1.29 is 9.53 Å². The first kappa shape index (κ1) is 16.9. The number of nitrogens with one attached hydrogen (secondary N) is 1. The molecule has 0 bridgehead atoms. The summed E-state index contributed by atoms with van der Waals surface area (Å²) in [6.07, 6.45) is 0.356. The SMILES string of the molecule is C[C@@H]1CN(CC(=O)N[C@H](C)c2cccc3ccccc23)C[C@H](C)O1. The lowest BCUT2D eigenvalue weighted by Gasteiger charge is -2.35. The van der Waals surface area contributed by atoms with E-state index in [9.17, 15) is 4.79 Å². The third-order valence-corrected chi connectivity index (χ3v) is 4.53. The van der Waals surface area contributed by atoms with Crippen LogP contribution >= 0.6 is 0 Å². The van der Waals surface area contributed by atoms with Gasteiger partial charge in [0.05, 0.1) is 24.8 Å². The van der Waals surface area contributed by atoms with Gasteiger partial charge in [0.1, 0.15) is 0 Å². The average molecular weight is 326 g/mol. The summed E-state index contributed by atoms with van der Waals surface area (Å²) >= 11 is 0. The lowest BCUT2D eigenvalue weighted by molar-refractivity contribution is -0.126. The van der Waals surface area contributed by atoms with Crippen molar-refractivity contribution >= 4 is 16.7 Å². The molecule has 4 heteroatoms. The Morgan fingerprint density at radius 3 is 2.58 bits per heavy atom. The molecular formula is C20H26N2O2. The van der Waals surface area contributed by atoms with Crippen LogP contribution in [-0.4, -0.2) is 42.6 Å². The summed E-state index contributed by atoms with van der Waals surface area (Å²) in [4.78, 5) is 14.6. The largest absolute Gasteiger partial charge is 0.373 e. The molecular weight excluding hydrogens is 300 g/mol. The number of carbonyl (C=O) groups excluding carboxylic acids is 1. The summed E-state index contributed by atoms with van der Waals surface area (Å²) in [6, 6.07) is 14.5. The number of carbonyl (C=O) groups is 1. The third kappa shape index (κ3) is 3.94. The minimum Gasteiger partial charge on any atom is -0.373 e.